The predicted octanol–water partition coefficient (Wildman–Crippen LogP) is 3.13. The number of nitriles is 1. The third kappa shape index (κ3) is 3.69. The van der Waals surface area contributed by atoms with Crippen LogP contribution in [0.2, 0.25) is 0 Å². The molecule has 0 saturated carbocycles. The number of hydrogen-bond donors (Lipinski definition) is 0. The lowest BCUT2D eigenvalue weighted by atomic mass is 10.0. The molecule has 5 heterocycles. The van der Waals surface area contributed by atoms with Crippen molar-refractivity contribution in [3.05, 3.63) is 47.4 Å². The fraction of sp³-hybridized carbons (Fsp3) is 0.462. The summed E-state index contributed by atoms with van der Waals surface area (Å²) >= 11 is 0. The number of ether oxygens (including phenoxy) is 1. The van der Waals surface area contributed by atoms with E-state index in [0.717, 1.165) is 54.1 Å². The summed E-state index contributed by atoms with van der Waals surface area (Å²) in [5, 5.41) is 19.1. The summed E-state index contributed by atoms with van der Waals surface area (Å²) in [5.41, 5.74) is 6.79. The Kier molecular flexibility index (Phi) is 5.33. The number of benzene rings is 1. The van der Waals surface area contributed by atoms with E-state index in [-0.39, 0.29) is 18.0 Å². The fourth-order valence-corrected chi connectivity index (χ4v) is 5.74. The van der Waals surface area contributed by atoms with Crippen LogP contribution in [0.4, 0.5) is 11.5 Å². The van der Waals surface area contributed by atoms with E-state index < -0.39 is 0 Å². The highest BCUT2D eigenvalue weighted by atomic mass is 16.5. The van der Waals surface area contributed by atoms with Crippen molar-refractivity contribution in [2.75, 3.05) is 24.7 Å². The molecule has 9 nitrogen and oxygen atoms in total. The molecular weight excluding hydrogens is 442 g/mol. The van der Waals surface area contributed by atoms with Crippen molar-refractivity contribution >= 4 is 17.4 Å². The smallest absolute Gasteiger partial charge is 0.219 e. The van der Waals surface area contributed by atoms with Gasteiger partial charge in [0.05, 0.1) is 43.9 Å². The van der Waals surface area contributed by atoms with Gasteiger partial charge in [-0.3, -0.25) is 14.2 Å². The molecule has 3 aliphatic heterocycles. The number of aromatic nitrogens is 4. The lowest BCUT2D eigenvalue weighted by Gasteiger charge is -2.30. The van der Waals surface area contributed by atoms with E-state index in [4.69, 9.17) is 9.84 Å². The van der Waals surface area contributed by atoms with Crippen LogP contribution in [0.3, 0.4) is 0 Å². The first-order chi connectivity index (χ1) is 17.0. The first kappa shape index (κ1) is 21.9. The van der Waals surface area contributed by atoms with Gasteiger partial charge in [0.1, 0.15) is 0 Å². The highest BCUT2D eigenvalue weighted by molar-refractivity contribution is 5.77. The van der Waals surface area contributed by atoms with Gasteiger partial charge in [-0.25, -0.2) is 0 Å². The normalized spacial score (nSPS) is 21.2. The molecule has 180 valence electrons. The molecule has 35 heavy (non-hydrogen) atoms. The maximum atomic E-state index is 12.3. The van der Waals surface area contributed by atoms with Gasteiger partial charge in [-0.15, -0.1) is 0 Å². The number of hydrogen-bond acceptors (Lipinski definition) is 6. The van der Waals surface area contributed by atoms with Crippen LogP contribution in [-0.2, 0) is 36.0 Å². The Morgan fingerprint density at radius 3 is 2.91 bits per heavy atom. The standard InChI is InChI=1S/C26H29N7O2/c1-17(34)31-9-6-25-23(15-31)26(29-33(25)22-7-10-35-16-22)32-21(5-8-27)12-19-11-18(3-4-24(19)32)20-13-28-30(2)14-20/h3-4,11,13-14,21-22H,5-7,9-10,12,15-16H2,1-2H3/t21-,22+/m1/s1. The third-order valence-corrected chi connectivity index (χ3v) is 7.51. The molecule has 1 amide bonds. The number of nitrogens with zero attached hydrogens (tertiary/aromatic N) is 7. The van der Waals surface area contributed by atoms with Gasteiger partial charge < -0.3 is 14.5 Å². The highest BCUT2D eigenvalue weighted by Gasteiger charge is 2.38. The number of amides is 1. The second kappa shape index (κ2) is 8.54. The minimum Gasteiger partial charge on any atom is -0.379 e. The van der Waals surface area contributed by atoms with Crippen LogP contribution < -0.4 is 4.90 Å². The van der Waals surface area contributed by atoms with Crippen LogP contribution in [-0.4, -0.2) is 56.2 Å². The largest absolute Gasteiger partial charge is 0.379 e. The Bertz CT molecular complexity index is 1330. The van der Waals surface area contributed by atoms with Crippen molar-refractivity contribution in [2.24, 2.45) is 7.05 Å². The molecule has 1 fully saturated rings. The van der Waals surface area contributed by atoms with Crippen molar-refractivity contribution in [3.8, 4) is 17.2 Å². The van der Waals surface area contributed by atoms with Crippen molar-refractivity contribution in [2.45, 2.75) is 51.2 Å². The van der Waals surface area contributed by atoms with Gasteiger partial charge in [0.2, 0.25) is 5.91 Å². The topological polar surface area (TPSA) is 92.2 Å². The van der Waals surface area contributed by atoms with Crippen LogP contribution >= 0.6 is 0 Å². The number of fused-ring (bicyclic) bond motifs is 2. The summed E-state index contributed by atoms with van der Waals surface area (Å²) in [5.74, 6) is 0.959. The molecule has 3 aliphatic rings. The van der Waals surface area contributed by atoms with Crippen molar-refractivity contribution < 1.29 is 9.53 Å². The van der Waals surface area contributed by atoms with E-state index >= 15 is 0 Å². The molecule has 0 N–H and O–H groups in total. The first-order valence-electron chi connectivity index (χ1n) is 12.2. The molecule has 0 unspecified atom stereocenters. The Morgan fingerprint density at radius 1 is 1.31 bits per heavy atom. The lowest BCUT2D eigenvalue weighted by molar-refractivity contribution is -0.129. The van der Waals surface area contributed by atoms with E-state index in [1.807, 2.05) is 24.3 Å². The Morgan fingerprint density at radius 2 is 2.20 bits per heavy atom. The summed E-state index contributed by atoms with van der Waals surface area (Å²) in [6.07, 6.45) is 6.79. The van der Waals surface area contributed by atoms with Gasteiger partial charge in [0.25, 0.3) is 0 Å². The van der Waals surface area contributed by atoms with Crippen LogP contribution in [0.15, 0.2) is 30.6 Å². The van der Waals surface area contributed by atoms with Gasteiger partial charge in [-0.1, -0.05) is 6.07 Å². The zero-order valence-corrected chi connectivity index (χ0v) is 20.1. The Labute approximate surface area is 204 Å². The summed E-state index contributed by atoms with van der Waals surface area (Å²) < 4.78 is 9.64. The predicted molar refractivity (Wildman–Crippen MR) is 130 cm³/mol. The number of anilines is 2. The second-order valence-corrected chi connectivity index (χ2v) is 9.74. The maximum absolute atomic E-state index is 12.3. The molecule has 3 aromatic rings. The SMILES string of the molecule is CC(=O)N1CCc2c(c(N3c4ccc(-c5cnn(C)c5)cc4C[C@H]3CC#N)nn2[C@H]2CCOC2)C1. The van der Waals surface area contributed by atoms with Crippen molar-refractivity contribution in [1.29, 1.82) is 5.26 Å². The maximum Gasteiger partial charge on any atom is 0.219 e. The number of carbonyl (C=O) groups excluding carboxylic acids is 1. The highest BCUT2D eigenvalue weighted by Crippen LogP contribution is 2.44. The fourth-order valence-electron chi connectivity index (χ4n) is 5.74. The van der Waals surface area contributed by atoms with E-state index in [1.54, 1.807) is 11.6 Å². The van der Waals surface area contributed by atoms with Gasteiger partial charge >= 0.3 is 0 Å². The zero-order chi connectivity index (χ0) is 24.1. The van der Waals surface area contributed by atoms with E-state index in [1.165, 1.54) is 11.3 Å². The molecular formula is C26H29N7O2. The molecule has 1 aromatic carbocycles. The molecule has 6 rings (SSSR count). The molecule has 0 spiro atoms. The molecule has 0 aliphatic carbocycles. The Balaban J connectivity index is 1.46. The minimum atomic E-state index is -0.000805. The zero-order valence-electron chi connectivity index (χ0n) is 20.1. The first-order valence-corrected chi connectivity index (χ1v) is 12.2. The lowest BCUT2D eigenvalue weighted by Crippen LogP contribution is -2.36. The van der Waals surface area contributed by atoms with Crippen molar-refractivity contribution in [3.63, 3.8) is 0 Å². The molecule has 2 atom stereocenters. The van der Waals surface area contributed by atoms with Crippen molar-refractivity contribution in [1.82, 2.24) is 24.5 Å². The van der Waals surface area contributed by atoms with E-state index in [9.17, 15) is 10.1 Å². The number of rotatable bonds is 4. The van der Waals surface area contributed by atoms with E-state index in [2.05, 4.69) is 38.9 Å². The molecule has 9 heteroatoms. The molecule has 0 radical (unpaired) electrons. The summed E-state index contributed by atoms with van der Waals surface area (Å²) in [6.45, 7) is 4.29. The molecule has 0 bridgehead atoms. The number of carbonyl (C=O) groups is 1. The van der Waals surface area contributed by atoms with Crippen LogP contribution in [0.5, 0.6) is 0 Å². The second-order valence-electron chi connectivity index (χ2n) is 9.74. The average molecular weight is 472 g/mol. The van der Waals surface area contributed by atoms with Crippen LogP contribution in [0.1, 0.15) is 42.6 Å². The monoisotopic (exact) mass is 471 g/mol. The average Bonchev–Trinajstić information content (AvgIpc) is 3.63. The van der Waals surface area contributed by atoms with Gasteiger partial charge in [-0.2, -0.15) is 15.5 Å². The van der Waals surface area contributed by atoms with Crippen LogP contribution in [0.25, 0.3) is 11.1 Å². The number of aryl methyl sites for hydroxylation is 1. The van der Waals surface area contributed by atoms with Gasteiger partial charge in [-0.05, 0) is 36.1 Å². The molecule has 1 saturated heterocycles. The third-order valence-electron chi connectivity index (χ3n) is 7.51. The minimum absolute atomic E-state index is 0.000805. The summed E-state index contributed by atoms with van der Waals surface area (Å²) in [4.78, 5) is 16.4. The summed E-state index contributed by atoms with van der Waals surface area (Å²) in [6, 6.07) is 9.08. The van der Waals surface area contributed by atoms with Gasteiger partial charge in [0.15, 0.2) is 5.82 Å². The quantitative estimate of drug-likeness (QED) is 0.581. The summed E-state index contributed by atoms with van der Waals surface area (Å²) in [7, 11) is 1.92. The van der Waals surface area contributed by atoms with E-state index in [0.29, 0.717) is 26.1 Å². The molecule has 2 aromatic heterocycles. The Hall–Kier alpha value is -3.64. The van der Waals surface area contributed by atoms with Gasteiger partial charge in [0, 0.05) is 62.2 Å². The van der Waals surface area contributed by atoms with Crippen LogP contribution in [0, 0.1) is 11.3 Å².